The summed E-state index contributed by atoms with van der Waals surface area (Å²) in [4.78, 5) is 4.25. The van der Waals surface area contributed by atoms with Crippen molar-refractivity contribution in [1.29, 1.82) is 0 Å². The van der Waals surface area contributed by atoms with Gasteiger partial charge in [0.2, 0.25) is 0 Å². The largest absolute Gasteiger partial charge is 0.220 e. The van der Waals surface area contributed by atoms with Gasteiger partial charge in [0, 0.05) is 10.7 Å². The highest BCUT2D eigenvalue weighted by Crippen LogP contribution is 2.16. The van der Waals surface area contributed by atoms with Crippen LogP contribution >= 0.6 is 15.9 Å². The van der Waals surface area contributed by atoms with Gasteiger partial charge in [-0.15, -0.1) is 0 Å². The molecule has 0 radical (unpaired) electrons. The van der Waals surface area contributed by atoms with Crippen LogP contribution in [0.5, 0.6) is 0 Å². The summed E-state index contributed by atoms with van der Waals surface area (Å²) < 4.78 is 2.83. The fourth-order valence-corrected chi connectivity index (χ4v) is 1.42. The first-order chi connectivity index (χ1) is 5.66. The average molecular weight is 226 g/mol. The molecule has 4 heteroatoms. The van der Waals surface area contributed by atoms with Crippen LogP contribution in [0.4, 0.5) is 0 Å². The normalized spacial score (nSPS) is 10.9. The topological polar surface area (TPSA) is 30.2 Å². The molecule has 2 rings (SSSR count). The molecular weight excluding hydrogens is 218 g/mol. The second-order valence-corrected chi connectivity index (χ2v) is 3.62. The molecule has 0 unspecified atom stereocenters. The van der Waals surface area contributed by atoms with E-state index in [0.717, 1.165) is 15.9 Å². The van der Waals surface area contributed by atoms with Crippen LogP contribution in [0.1, 0.15) is 11.4 Å². The first kappa shape index (κ1) is 7.73. The summed E-state index contributed by atoms with van der Waals surface area (Å²) in [5, 5.41) is 4.19. The third-order valence-electron chi connectivity index (χ3n) is 1.72. The molecule has 0 saturated carbocycles. The fourth-order valence-electron chi connectivity index (χ4n) is 1.11. The van der Waals surface area contributed by atoms with Gasteiger partial charge in [0.05, 0.1) is 0 Å². The van der Waals surface area contributed by atoms with Crippen LogP contribution in [0.2, 0.25) is 0 Å². The average Bonchev–Trinajstić information content (AvgIpc) is 2.30. The molecule has 0 aromatic carbocycles. The molecule has 0 N–H and O–H groups in total. The van der Waals surface area contributed by atoms with Crippen molar-refractivity contribution in [3.63, 3.8) is 0 Å². The highest BCUT2D eigenvalue weighted by atomic mass is 79.9. The Morgan fingerprint density at radius 2 is 2.17 bits per heavy atom. The molecule has 2 aromatic rings. The van der Waals surface area contributed by atoms with Crippen LogP contribution in [-0.4, -0.2) is 14.6 Å². The van der Waals surface area contributed by atoms with Crippen molar-refractivity contribution < 1.29 is 0 Å². The lowest BCUT2D eigenvalue weighted by molar-refractivity contribution is 0.924. The minimum atomic E-state index is 0.799. The van der Waals surface area contributed by atoms with Gasteiger partial charge in [-0.3, -0.25) is 0 Å². The number of pyridine rings is 1. The van der Waals surface area contributed by atoms with Crippen LogP contribution in [-0.2, 0) is 0 Å². The van der Waals surface area contributed by atoms with Crippen molar-refractivity contribution in [3.8, 4) is 0 Å². The van der Waals surface area contributed by atoms with Gasteiger partial charge in [0.25, 0.3) is 0 Å². The second-order valence-electron chi connectivity index (χ2n) is 2.77. The molecular formula is C8H8BrN3. The number of aryl methyl sites for hydroxylation is 2. The molecule has 2 aromatic heterocycles. The predicted molar refractivity (Wildman–Crippen MR) is 50.2 cm³/mol. The molecule has 62 valence electrons. The summed E-state index contributed by atoms with van der Waals surface area (Å²) in [5.41, 5.74) is 2.07. The number of nitrogens with zero attached hydrogens (tertiary/aromatic N) is 3. The quantitative estimate of drug-likeness (QED) is 0.688. The zero-order valence-corrected chi connectivity index (χ0v) is 8.46. The maximum absolute atomic E-state index is 4.25. The Bertz CT molecular complexity index is 394. The summed E-state index contributed by atoms with van der Waals surface area (Å²) in [6, 6.07) is 2.00. The van der Waals surface area contributed by atoms with Gasteiger partial charge in [-0.25, -0.2) is 9.50 Å². The minimum Gasteiger partial charge on any atom is -0.220 e. The lowest BCUT2D eigenvalue weighted by Crippen LogP contribution is -1.88. The van der Waals surface area contributed by atoms with E-state index in [0.29, 0.717) is 0 Å². The maximum Gasteiger partial charge on any atom is 0.155 e. The van der Waals surface area contributed by atoms with Gasteiger partial charge < -0.3 is 0 Å². The first-order valence-corrected chi connectivity index (χ1v) is 4.45. The number of hydrogen-bond acceptors (Lipinski definition) is 2. The molecule has 0 aliphatic carbocycles. The van der Waals surface area contributed by atoms with Crippen molar-refractivity contribution in [3.05, 3.63) is 28.1 Å². The van der Waals surface area contributed by atoms with Crippen molar-refractivity contribution in [2.24, 2.45) is 0 Å². The lowest BCUT2D eigenvalue weighted by Gasteiger charge is -1.96. The summed E-state index contributed by atoms with van der Waals surface area (Å²) in [6.45, 7) is 3.92. The van der Waals surface area contributed by atoms with Crippen molar-refractivity contribution in [2.45, 2.75) is 13.8 Å². The number of hydrogen-bond donors (Lipinski definition) is 0. The van der Waals surface area contributed by atoms with E-state index in [9.17, 15) is 0 Å². The summed E-state index contributed by atoms with van der Waals surface area (Å²) >= 11 is 3.44. The highest BCUT2D eigenvalue weighted by molar-refractivity contribution is 9.10. The minimum absolute atomic E-state index is 0.799. The third kappa shape index (κ3) is 1.12. The highest BCUT2D eigenvalue weighted by Gasteiger charge is 2.01. The van der Waals surface area contributed by atoms with Crippen LogP contribution in [0.3, 0.4) is 0 Å². The van der Waals surface area contributed by atoms with Gasteiger partial charge in [-0.2, -0.15) is 5.10 Å². The molecule has 3 nitrogen and oxygen atoms in total. The lowest BCUT2D eigenvalue weighted by atomic mass is 10.3. The van der Waals surface area contributed by atoms with E-state index in [1.165, 1.54) is 5.56 Å². The van der Waals surface area contributed by atoms with Crippen molar-refractivity contribution in [2.75, 3.05) is 0 Å². The fraction of sp³-hybridized carbons (Fsp3) is 0.250. The van der Waals surface area contributed by atoms with Gasteiger partial charge in [0.1, 0.15) is 5.82 Å². The van der Waals surface area contributed by atoms with Crippen molar-refractivity contribution >= 4 is 21.6 Å². The van der Waals surface area contributed by atoms with Gasteiger partial charge >= 0.3 is 0 Å². The molecule has 2 heterocycles. The third-order valence-corrected chi connectivity index (χ3v) is 2.55. The smallest absolute Gasteiger partial charge is 0.155 e. The molecule has 0 spiro atoms. The Kier molecular flexibility index (Phi) is 1.65. The van der Waals surface area contributed by atoms with E-state index in [4.69, 9.17) is 0 Å². The van der Waals surface area contributed by atoms with Gasteiger partial charge in [0.15, 0.2) is 5.65 Å². The van der Waals surface area contributed by atoms with E-state index in [-0.39, 0.29) is 0 Å². The van der Waals surface area contributed by atoms with E-state index in [1.807, 2.05) is 26.1 Å². The summed E-state index contributed by atoms with van der Waals surface area (Å²) in [5.74, 6) is 0.799. The van der Waals surface area contributed by atoms with Gasteiger partial charge in [-0.1, -0.05) is 0 Å². The molecule has 0 aliphatic rings. The molecule has 12 heavy (non-hydrogen) atoms. The van der Waals surface area contributed by atoms with E-state index in [1.54, 1.807) is 4.52 Å². The predicted octanol–water partition coefficient (Wildman–Crippen LogP) is 2.11. The SMILES string of the molecule is Cc1nc2cc(C)c(Br)cn2n1. The number of fused-ring (bicyclic) bond motifs is 1. The number of rotatable bonds is 0. The Balaban J connectivity index is 2.83. The van der Waals surface area contributed by atoms with Crippen LogP contribution in [0, 0.1) is 13.8 Å². The zero-order chi connectivity index (χ0) is 8.72. The van der Waals surface area contributed by atoms with E-state index < -0.39 is 0 Å². The first-order valence-electron chi connectivity index (χ1n) is 3.66. The standard InChI is InChI=1S/C8H8BrN3/c1-5-3-8-10-6(2)11-12(8)4-7(5)9/h3-4H,1-2H3. The molecule has 0 bridgehead atoms. The maximum atomic E-state index is 4.25. The second kappa shape index (κ2) is 2.55. The van der Waals surface area contributed by atoms with Gasteiger partial charge in [-0.05, 0) is 41.4 Å². The Hall–Kier alpha value is -0.900. The molecule has 0 amide bonds. The Morgan fingerprint density at radius 1 is 1.42 bits per heavy atom. The Morgan fingerprint density at radius 3 is 2.92 bits per heavy atom. The summed E-state index contributed by atoms with van der Waals surface area (Å²) in [6.07, 6.45) is 1.92. The summed E-state index contributed by atoms with van der Waals surface area (Å²) in [7, 11) is 0. The van der Waals surface area contributed by atoms with Crippen LogP contribution in [0.25, 0.3) is 5.65 Å². The van der Waals surface area contributed by atoms with Crippen LogP contribution in [0.15, 0.2) is 16.7 Å². The molecule has 0 saturated heterocycles. The molecule has 0 aliphatic heterocycles. The number of halogens is 1. The van der Waals surface area contributed by atoms with Crippen LogP contribution < -0.4 is 0 Å². The molecule has 0 atom stereocenters. The monoisotopic (exact) mass is 225 g/mol. The zero-order valence-electron chi connectivity index (χ0n) is 6.87. The molecule has 0 fully saturated rings. The number of aromatic nitrogens is 3. The van der Waals surface area contributed by atoms with E-state index in [2.05, 4.69) is 26.0 Å². The van der Waals surface area contributed by atoms with Crippen molar-refractivity contribution in [1.82, 2.24) is 14.6 Å². The Labute approximate surface area is 78.6 Å². The van der Waals surface area contributed by atoms with E-state index >= 15 is 0 Å².